The summed E-state index contributed by atoms with van der Waals surface area (Å²) >= 11 is 8.45. The number of nitriles is 1. The minimum Gasteiger partial charge on any atom is -0.444 e. The molecule has 0 unspecified atom stereocenters. The fraction of sp³-hybridized carbons (Fsp3) is 0.188. The van der Waals surface area contributed by atoms with Crippen LogP contribution >= 0.6 is 28.1 Å². The number of thiocarbonyl (C=S) groups is 1. The van der Waals surface area contributed by atoms with Crippen LogP contribution in [0.25, 0.3) is 0 Å². The van der Waals surface area contributed by atoms with E-state index in [1.165, 1.54) is 0 Å². The molecule has 0 saturated carbocycles. The summed E-state index contributed by atoms with van der Waals surface area (Å²) in [6.45, 7) is 0.954. The third-order valence-electron chi connectivity index (χ3n) is 3.01. The summed E-state index contributed by atoms with van der Waals surface area (Å²) < 4.78 is 5.67. The van der Waals surface area contributed by atoms with E-state index in [0.29, 0.717) is 24.2 Å². The summed E-state index contributed by atoms with van der Waals surface area (Å²) in [5.74, 6) is -0.255. The second kappa shape index (κ2) is 8.46. The molecule has 23 heavy (non-hydrogen) atoms. The Morgan fingerprint density at radius 2 is 2.04 bits per heavy atom. The van der Waals surface area contributed by atoms with Crippen LogP contribution in [0.15, 0.2) is 51.6 Å². The van der Waals surface area contributed by atoms with Crippen LogP contribution < -0.4 is 5.32 Å². The lowest BCUT2D eigenvalue weighted by Gasteiger charge is -2.24. The summed E-state index contributed by atoms with van der Waals surface area (Å²) in [6, 6.07) is 15.0. The van der Waals surface area contributed by atoms with E-state index in [0.717, 1.165) is 5.56 Å². The molecule has 0 fully saturated rings. The van der Waals surface area contributed by atoms with Gasteiger partial charge in [0, 0.05) is 13.1 Å². The van der Waals surface area contributed by atoms with E-state index in [9.17, 15) is 4.79 Å². The molecule has 2 aromatic rings. The number of carbonyl (C=O) groups excluding carboxylic acids is 1. The second-order valence-corrected chi connectivity index (χ2v) is 5.85. The van der Waals surface area contributed by atoms with Gasteiger partial charge in [-0.05, 0) is 45.8 Å². The Hall–Kier alpha value is -2.17. The Morgan fingerprint density at radius 3 is 2.65 bits per heavy atom. The standard InChI is InChI=1S/C16H14BrN3O2S/c17-14-8-7-13(22-14)15(21)19-16(23)20(10-4-9-18)11-12-5-2-1-3-6-12/h1-3,5-8H,4,10-11H2,(H,19,21,23). The molecule has 0 spiro atoms. The number of amides is 1. The van der Waals surface area contributed by atoms with E-state index in [2.05, 4.69) is 27.3 Å². The summed E-state index contributed by atoms with van der Waals surface area (Å²) in [5, 5.41) is 11.7. The molecule has 0 radical (unpaired) electrons. The van der Waals surface area contributed by atoms with Gasteiger partial charge >= 0.3 is 0 Å². The Kier molecular flexibility index (Phi) is 6.32. The fourth-order valence-corrected chi connectivity index (χ4v) is 2.47. The lowest BCUT2D eigenvalue weighted by Crippen LogP contribution is -2.42. The third-order valence-corrected chi connectivity index (χ3v) is 3.80. The van der Waals surface area contributed by atoms with E-state index in [1.54, 1.807) is 17.0 Å². The van der Waals surface area contributed by atoms with Crippen molar-refractivity contribution in [2.24, 2.45) is 0 Å². The number of rotatable bonds is 5. The maximum Gasteiger partial charge on any atom is 0.293 e. The van der Waals surface area contributed by atoms with Crippen molar-refractivity contribution in [1.82, 2.24) is 10.2 Å². The number of furan rings is 1. The van der Waals surface area contributed by atoms with Crippen LogP contribution in [0.2, 0.25) is 0 Å². The van der Waals surface area contributed by atoms with Gasteiger partial charge in [-0.2, -0.15) is 5.26 Å². The van der Waals surface area contributed by atoms with Gasteiger partial charge in [-0.15, -0.1) is 0 Å². The van der Waals surface area contributed by atoms with Crippen molar-refractivity contribution in [3.8, 4) is 6.07 Å². The SMILES string of the molecule is N#CCCN(Cc1ccccc1)C(=S)NC(=O)c1ccc(Br)o1. The number of halogens is 1. The highest BCUT2D eigenvalue weighted by atomic mass is 79.9. The number of nitrogens with one attached hydrogen (secondary N) is 1. The lowest BCUT2D eigenvalue weighted by molar-refractivity contribution is 0.0944. The number of benzene rings is 1. The molecular formula is C16H14BrN3O2S. The van der Waals surface area contributed by atoms with Crippen LogP contribution in [0, 0.1) is 11.3 Å². The zero-order valence-electron chi connectivity index (χ0n) is 12.2. The highest BCUT2D eigenvalue weighted by Crippen LogP contribution is 2.14. The zero-order chi connectivity index (χ0) is 16.7. The predicted octanol–water partition coefficient (Wildman–Crippen LogP) is 3.47. The summed E-state index contributed by atoms with van der Waals surface area (Å²) in [6.07, 6.45) is 0.315. The van der Waals surface area contributed by atoms with Gasteiger partial charge < -0.3 is 9.32 Å². The predicted molar refractivity (Wildman–Crippen MR) is 93.6 cm³/mol. The molecule has 1 amide bonds. The highest BCUT2D eigenvalue weighted by molar-refractivity contribution is 9.10. The van der Waals surface area contributed by atoms with Gasteiger partial charge in [0.1, 0.15) is 0 Å². The molecule has 0 saturated heterocycles. The second-order valence-electron chi connectivity index (χ2n) is 4.68. The molecule has 1 aromatic carbocycles. The number of hydrogen-bond donors (Lipinski definition) is 1. The zero-order valence-corrected chi connectivity index (χ0v) is 14.6. The first-order valence-electron chi connectivity index (χ1n) is 6.86. The van der Waals surface area contributed by atoms with Crippen LogP contribution in [0.1, 0.15) is 22.5 Å². The number of nitrogens with zero attached hydrogens (tertiary/aromatic N) is 2. The fourth-order valence-electron chi connectivity index (χ4n) is 1.92. The van der Waals surface area contributed by atoms with Gasteiger partial charge in [0.2, 0.25) is 0 Å². The van der Waals surface area contributed by atoms with Gasteiger partial charge in [0.25, 0.3) is 5.91 Å². The Balaban J connectivity index is 2.04. The van der Waals surface area contributed by atoms with Gasteiger partial charge in [-0.25, -0.2) is 0 Å². The summed E-state index contributed by atoms with van der Waals surface area (Å²) in [4.78, 5) is 13.9. The largest absolute Gasteiger partial charge is 0.444 e. The first-order chi connectivity index (χ1) is 11.1. The molecule has 0 aliphatic heterocycles. The summed E-state index contributed by atoms with van der Waals surface area (Å²) in [5.41, 5.74) is 1.04. The molecule has 118 valence electrons. The highest BCUT2D eigenvalue weighted by Gasteiger charge is 2.16. The Labute approximate surface area is 148 Å². The molecule has 1 heterocycles. The molecule has 7 heteroatoms. The van der Waals surface area contributed by atoms with Crippen molar-refractivity contribution < 1.29 is 9.21 Å². The maximum atomic E-state index is 12.1. The van der Waals surface area contributed by atoms with Gasteiger partial charge in [0.15, 0.2) is 15.5 Å². The maximum absolute atomic E-state index is 12.1. The normalized spacial score (nSPS) is 9.91. The van der Waals surface area contributed by atoms with Crippen LogP contribution in [0.3, 0.4) is 0 Å². The van der Waals surface area contributed by atoms with Crippen LogP contribution in [0.4, 0.5) is 0 Å². The van der Waals surface area contributed by atoms with Crippen molar-refractivity contribution in [2.45, 2.75) is 13.0 Å². The van der Waals surface area contributed by atoms with Gasteiger partial charge in [0.05, 0.1) is 12.5 Å². The van der Waals surface area contributed by atoms with Crippen molar-refractivity contribution in [1.29, 1.82) is 5.26 Å². The summed E-state index contributed by atoms with van der Waals surface area (Å²) in [7, 11) is 0. The van der Waals surface area contributed by atoms with Crippen LogP contribution in [-0.4, -0.2) is 22.5 Å². The third kappa shape index (κ3) is 5.20. The van der Waals surface area contributed by atoms with E-state index < -0.39 is 5.91 Å². The molecule has 0 aliphatic carbocycles. The Bertz CT molecular complexity index is 724. The van der Waals surface area contributed by atoms with E-state index in [1.807, 2.05) is 30.3 Å². The van der Waals surface area contributed by atoms with E-state index >= 15 is 0 Å². The molecule has 1 aromatic heterocycles. The van der Waals surface area contributed by atoms with Gasteiger partial charge in [-0.3, -0.25) is 10.1 Å². The van der Waals surface area contributed by atoms with Crippen molar-refractivity contribution in [3.63, 3.8) is 0 Å². The molecule has 0 atom stereocenters. The topological polar surface area (TPSA) is 69.3 Å². The van der Waals surface area contributed by atoms with Crippen LogP contribution in [0.5, 0.6) is 0 Å². The molecular weight excluding hydrogens is 378 g/mol. The monoisotopic (exact) mass is 391 g/mol. The molecule has 0 aliphatic rings. The first kappa shape index (κ1) is 17.2. The van der Waals surface area contributed by atoms with E-state index in [-0.39, 0.29) is 10.9 Å². The molecule has 2 rings (SSSR count). The average molecular weight is 392 g/mol. The Morgan fingerprint density at radius 1 is 1.30 bits per heavy atom. The minimum absolute atomic E-state index is 0.166. The molecule has 1 N–H and O–H groups in total. The van der Waals surface area contributed by atoms with Gasteiger partial charge in [-0.1, -0.05) is 30.3 Å². The van der Waals surface area contributed by atoms with E-state index in [4.69, 9.17) is 21.9 Å². The van der Waals surface area contributed by atoms with Crippen molar-refractivity contribution >= 4 is 39.2 Å². The lowest BCUT2D eigenvalue weighted by atomic mass is 10.2. The minimum atomic E-state index is -0.421. The molecule has 5 nitrogen and oxygen atoms in total. The van der Waals surface area contributed by atoms with Crippen molar-refractivity contribution in [3.05, 3.63) is 58.5 Å². The molecule has 0 bridgehead atoms. The van der Waals surface area contributed by atoms with Crippen LogP contribution in [-0.2, 0) is 6.54 Å². The van der Waals surface area contributed by atoms with Crippen molar-refractivity contribution in [2.75, 3.05) is 6.54 Å². The average Bonchev–Trinajstić information content (AvgIpc) is 2.99. The quantitative estimate of drug-likeness (QED) is 0.790. The number of hydrogen-bond acceptors (Lipinski definition) is 4. The first-order valence-corrected chi connectivity index (χ1v) is 8.06. The number of carbonyl (C=O) groups is 1. The smallest absolute Gasteiger partial charge is 0.293 e.